The van der Waals surface area contributed by atoms with Crippen molar-refractivity contribution in [2.75, 3.05) is 53.4 Å². The van der Waals surface area contributed by atoms with Gasteiger partial charge in [-0.25, -0.2) is 4.79 Å². The minimum Gasteiger partial charge on any atom is -0.480 e. The number of amides is 2. The van der Waals surface area contributed by atoms with Crippen molar-refractivity contribution < 1.29 is 14.3 Å². The van der Waals surface area contributed by atoms with Crippen LogP contribution in [0.25, 0.3) is 0 Å². The smallest absolute Gasteiger partial charge is 0.320 e. The molecule has 2 aliphatic rings. The van der Waals surface area contributed by atoms with Crippen LogP contribution >= 0.6 is 0 Å². The summed E-state index contributed by atoms with van der Waals surface area (Å²) in [6.45, 7) is 4.77. The van der Waals surface area contributed by atoms with Crippen molar-refractivity contribution >= 4 is 6.03 Å². The molecule has 0 saturated carbocycles. The topological polar surface area (TPSA) is 71.0 Å². The molecule has 1 aromatic heterocycles. The standard InChI is InChI=1S/C15H23N5O3/c1-18-7-9-19(10-8-18)15(21)20-6-5-12(11-20)23-14-4-3-13(22-2)16-17-14/h3-4,12H,5-11H2,1-2H3/t12-/m0/s1. The van der Waals surface area contributed by atoms with Gasteiger partial charge in [0, 0.05) is 51.3 Å². The highest BCUT2D eigenvalue weighted by Crippen LogP contribution is 2.19. The highest BCUT2D eigenvalue weighted by atomic mass is 16.5. The van der Waals surface area contributed by atoms with Crippen LogP contribution in [0.1, 0.15) is 6.42 Å². The molecule has 3 heterocycles. The first-order chi connectivity index (χ1) is 11.2. The van der Waals surface area contributed by atoms with E-state index in [2.05, 4.69) is 22.1 Å². The Balaban J connectivity index is 1.50. The number of carbonyl (C=O) groups excluding carboxylic acids is 1. The van der Waals surface area contributed by atoms with E-state index in [1.807, 2.05) is 9.80 Å². The Labute approximate surface area is 136 Å². The Morgan fingerprint density at radius 1 is 1.09 bits per heavy atom. The fourth-order valence-electron chi connectivity index (χ4n) is 2.85. The fourth-order valence-corrected chi connectivity index (χ4v) is 2.85. The van der Waals surface area contributed by atoms with Gasteiger partial charge in [0.2, 0.25) is 11.8 Å². The molecule has 0 aromatic carbocycles. The average Bonchev–Trinajstić information content (AvgIpc) is 3.04. The maximum absolute atomic E-state index is 12.5. The number of piperazine rings is 1. The van der Waals surface area contributed by atoms with E-state index in [-0.39, 0.29) is 12.1 Å². The van der Waals surface area contributed by atoms with Crippen LogP contribution < -0.4 is 9.47 Å². The highest BCUT2D eigenvalue weighted by molar-refractivity contribution is 5.75. The van der Waals surface area contributed by atoms with Gasteiger partial charge in [-0.05, 0) is 7.05 Å². The molecule has 8 nitrogen and oxygen atoms in total. The SMILES string of the molecule is COc1ccc(O[C@H]2CCN(C(=O)N3CCN(C)CC3)C2)nn1. The lowest BCUT2D eigenvalue weighted by Crippen LogP contribution is -2.51. The van der Waals surface area contributed by atoms with Gasteiger partial charge >= 0.3 is 6.03 Å². The number of carbonyl (C=O) groups is 1. The van der Waals surface area contributed by atoms with Crippen molar-refractivity contribution in [3.05, 3.63) is 12.1 Å². The molecule has 8 heteroatoms. The summed E-state index contributed by atoms with van der Waals surface area (Å²) in [6.07, 6.45) is 0.779. The van der Waals surface area contributed by atoms with Crippen LogP contribution in [0.15, 0.2) is 12.1 Å². The first-order valence-corrected chi connectivity index (χ1v) is 7.92. The van der Waals surface area contributed by atoms with Gasteiger partial charge in [0.15, 0.2) is 0 Å². The number of hydrogen-bond acceptors (Lipinski definition) is 6. The van der Waals surface area contributed by atoms with Crippen LogP contribution in [0.5, 0.6) is 11.8 Å². The van der Waals surface area contributed by atoms with Gasteiger partial charge in [-0.3, -0.25) is 0 Å². The quantitative estimate of drug-likeness (QED) is 0.798. The first-order valence-electron chi connectivity index (χ1n) is 7.92. The Morgan fingerprint density at radius 2 is 1.78 bits per heavy atom. The zero-order valence-electron chi connectivity index (χ0n) is 13.6. The summed E-state index contributed by atoms with van der Waals surface area (Å²) in [6, 6.07) is 3.56. The molecule has 1 atom stereocenters. The Bertz CT molecular complexity index is 530. The minimum atomic E-state index is -0.0332. The number of likely N-dealkylation sites (tertiary alicyclic amines) is 1. The van der Waals surface area contributed by atoms with E-state index in [9.17, 15) is 4.79 Å². The number of hydrogen-bond donors (Lipinski definition) is 0. The van der Waals surface area contributed by atoms with Crippen molar-refractivity contribution in [2.45, 2.75) is 12.5 Å². The molecule has 1 aromatic rings. The molecule has 23 heavy (non-hydrogen) atoms. The molecule has 2 saturated heterocycles. The second-order valence-electron chi connectivity index (χ2n) is 5.96. The zero-order chi connectivity index (χ0) is 16.2. The molecular formula is C15H23N5O3. The van der Waals surface area contributed by atoms with E-state index in [0.717, 1.165) is 39.1 Å². The summed E-state index contributed by atoms with van der Waals surface area (Å²) in [7, 11) is 3.63. The number of ether oxygens (including phenoxy) is 2. The molecular weight excluding hydrogens is 298 g/mol. The number of nitrogens with zero attached hydrogens (tertiary/aromatic N) is 5. The molecule has 126 valence electrons. The normalized spacial score (nSPS) is 22.3. The molecule has 0 unspecified atom stereocenters. The van der Waals surface area contributed by atoms with E-state index < -0.39 is 0 Å². The first kappa shape index (κ1) is 15.8. The maximum Gasteiger partial charge on any atom is 0.320 e. The number of likely N-dealkylation sites (N-methyl/N-ethyl adjacent to an activating group) is 1. The lowest BCUT2D eigenvalue weighted by atomic mass is 10.3. The molecule has 2 fully saturated rings. The van der Waals surface area contributed by atoms with Gasteiger partial charge in [0.05, 0.1) is 13.7 Å². The highest BCUT2D eigenvalue weighted by Gasteiger charge is 2.31. The van der Waals surface area contributed by atoms with Crippen molar-refractivity contribution in [2.24, 2.45) is 0 Å². The molecule has 0 spiro atoms. The molecule has 3 rings (SSSR count). The number of aromatic nitrogens is 2. The fraction of sp³-hybridized carbons (Fsp3) is 0.667. The average molecular weight is 321 g/mol. The maximum atomic E-state index is 12.5. The minimum absolute atomic E-state index is 0.0332. The van der Waals surface area contributed by atoms with Crippen LogP contribution in [0, 0.1) is 0 Å². The van der Waals surface area contributed by atoms with E-state index in [4.69, 9.17) is 9.47 Å². The largest absolute Gasteiger partial charge is 0.480 e. The molecule has 0 aliphatic carbocycles. The molecule has 0 bridgehead atoms. The second kappa shape index (κ2) is 6.99. The van der Waals surface area contributed by atoms with Gasteiger partial charge in [0.25, 0.3) is 0 Å². The molecule has 2 aliphatic heterocycles. The Morgan fingerprint density at radius 3 is 2.43 bits per heavy atom. The number of rotatable bonds is 3. The summed E-state index contributed by atoms with van der Waals surface area (Å²) in [5, 5.41) is 7.85. The Kier molecular flexibility index (Phi) is 4.80. The summed E-state index contributed by atoms with van der Waals surface area (Å²) in [5.74, 6) is 0.917. The molecule has 0 radical (unpaired) electrons. The zero-order valence-corrected chi connectivity index (χ0v) is 13.6. The molecule has 2 amide bonds. The van der Waals surface area contributed by atoms with Gasteiger partial charge in [-0.1, -0.05) is 0 Å². The van der Waals surface area contributed by atoms with Crippen LogP contribution in [0.2, 0.25) is 0 Å². The lowest BCUT2D eigenvalue weighted by Gasteiger charge is -2.34. The molecule has 0 N–H and O–H groups in total. The van der Waals surface area contributed by atoms with E-state index >= 15 is 0 Å². The van der Waals surface area contributed by atoms with Crippen molar-refractivity contribution in [1.82, 2.24) is 24.9 Å². The van der Waals surface area contributed by atoms with Gasteiger partial charge in [0.1, 0.15) is 6.10 Å². The number of methoxy groups -OCH3 is 1. The monoisotopic (exact) mass is 321 g/mol. The second-order valence-corrected chi connectivity index (χ2v) is 5.96. The van der Waals surface area contributed by atoms with Crippen LogP contribution in [-0.2, 0) is 0 Å². The van der Waals surface area contributed by atoms with Crippen molar-refractivity contribution in [3.63, 3.8) is 0 Å². The third kappa shape index (κ3) is 3.82. The van der Waals surface area contributed by atoms with E-state index in [1.165, 1.54) is 0 Å². The predicted molar refractivity (Wildman–Crippen MR) is 83.7 cm³/mol. The van der Waals surface area contributed by atoms with Crippen molar-refractivity contribution in [1.29, 1.82) is 0 Å². The van der Waals surface area contributed by atoms with E-state index in [1.54, 1.807) is 19.2 Å². The van der Waals surface area contributed by atoms with Gasteiger partial charge < -0.3 is 24.2 Å². The lowest BCUT2D eigenvalue weighted by molar-refractivity contribution is 0.123. The third-order valence-corrected chi connectivity index (χ3v) is 4.30. The summed E-state index contributed by atoms with van der Waals surface area (Å²) >= 11 is 0. The summed E-state index contributed by atoms with van der Waals surface area (Å²) in [5.41, 5.74) is 0. The van der Waals surface area contributed by atoms with Crippen LogP contribution in [0.4, 0.5) is 4.79 Å². The van der Waals surface area contributed by atoms with Gasteiger partial charge in [-0.2, -0.15) is 0 Å². The predicted octanol–water partition coefficient (Wildman–Crippen LogP) is 0.306. The van der Waals surface area contributed by atoms with E-state index in [0.29, 0.717) is 18.3 Å². The third-order valence-electron chi connectivity index (χ3n) is 4.30. The van der Waals surface area contributed by atoms with Gasteiger partial charge in [-0.15, -0.1) is 10.2 Å². The summed E-state index contributed by atoms with van der Waals surface area (Å²) < 4.78 is 10.8. The van der Waals surface area contributed by atoms with Crippen LogP contribution in [0.3, 0.4) is 0 Å². The van der Waals surface area contributed by atoms with Crippen molar-refractivity contribution in [3.8, 4) is 11.8 Å². The van der Waals surface area contributed by atoms with Crippen LogP contribution in [-0.4, -0.2) is 90.5 Å². The number of urea groups is 1. The summed E-state index contributed by atoms with van der Waals surface area (Å²) in [4.78, 5) is 18.6. The Hall–Kier alpha value is -2.09.